The molecule has 4 heteroatoms. The van der Waals surface area contributed by atoms with E-state index >= 15 is 0 Å². The minimum Gasteiger partial charge on any atom is -0.369 e. The molecule has 0 radical (unpaired) electrons. The number of anilines is 1. The summed E-state index contributed by atoms with van der Waals surface area (Å²) in [6.45, 7) is 0.401. The maximum atomic E-state index is 11.6. The average Bonchev–Trinajstić information content (AvgIpc) is 2.62. The van der Waals surface area contributed by atoms with E-state index in [9.17, 15) is 9.59 Å². The third-order valence-corrected chi connectivity index (χ3v) is 2.60. The first-order valence-electron chi connectivity index (χ1n) is 4.83. The van der Waals surface area contributed by atoms with Gasteiger partial charge in [-0.3, -0.25) is 9.59 Å². The van der Waals surface area contributed by atoms with Gasteiger partial charge in [-0.1, -0.05) is 18.2 Å². The predicted octanol–water partition coefficient (Wildman–Crippen LogP) is 0.525. The van der Waals surface area contributed by atoms with Gasteiger partial charge >= 0.3 is 0 Å². The molecule has 2 amide bonds. The zero-order chi connectivity index (χ0) is 10.8. The molecular weight excluding hydrogens is 192 g/mol. The molecule has 78 valence electrons. The van der Waals surface area contributed by atoms with E-state index in [1.807, 2.05) is 30.3 Å². The molecule has 15 heavy (non-hydrogen) atoms. The largest absolute Gasteiger partial charge is 0.369 e. The quantitative estimate of drug-likeness (QED) is 0.763. The summed E-state index contributed by atoms with van der Waals surface area (Å²) in [5, 5.41) is 0. The van der Waals surface area contributed by atoms with Crippen molar-refractivity contribution in [3.63, 3.8) is 0 Å². The number of hydrogen-bond donors (Lipinski definition) is 1. The Morgan fingerprint density at radius 1 is 1.33 bits per heavy atom. The maximum Gasteiger partial charge on any atom is 0.227 e. The van der Waals surface area contributed by atoms with Gasteiger partial charge in [0.05, 0.1) is 5.92 Å². The van der Waals surface area contributed by atoms with Crippen LogP contribution in [0, 0.1) is 5.92 Å². The normalized spacial score (nSPS) is 20.7. The molecule has 0 saturated carbocycles. The van der Waals surface area contributed by atoms with Crippen LogP contribution in [0.1, 0.15) is 6.42 Å². The Hall–Kier alpha value is -1.84. The molecule has 1 aromatic carbocycles. The van der Waals surface area contributed by atoms with Crippen LogP contribution in [0.2, 0.25) is 0 Å². The summed E-state index contributed by atoms with van der Waals surface area (Å²) < 4.78 is 0. The Bertz CT molecular complexity index is 389. The third kappa shape index (κ3) is 1.83. The minimum atomic E-state index is -0.401. The predicted molar refractivity (Wildman–Crippen MR) is 56.1 cm³/mol. The highest BCUT2D eigenvalue weighted by atomic mass is 16.2. The van der Waals surface area contributed by atoms with Crippen LogP contribution in [0.4, 0.5) is 5.69 Å². The minimum absolute atomic E-state index is 0.0370. The zero-order valence-corrected chi connectivity index (χ0v) is 8.22. The number of carbonyl (C=O) groups excluding carboxylic acids is 2. The molecule has 0 spiro atoms. The Kier molecular flexibility index (Phi) is 2.41. The van der Waals surface area contributed by atoms with Crippen LogP contribution < -0.4 is 10.6 Å². The molecule has 1 aliphatic heterocycles. The van der Waals surface area contributed by atoms with Crippen molar-refractivity contribution in [3.8, 4) is 0 Å². The summed E-state index contributed by atoms with van der Waals surface area (Å²) in [5.41, 5.74) is 6.01. The van der Waals surface area contributed by atoms with Crippen LogP contribution >= 0.6 is 0 Å². The van der Waals surface area contributed by atoms with Crippen molar-refractivity contribution in [2.24, 2.45) is 11.7 Å². The highest BCUT2D eigenvalue weighted by Gasteiger charge is 2.33. The van der Waals surface area contributed by atoms with E-state index in [1.165, 1.54) is 0 Å². The molecule has 1 atom stereocenters. The number of primary amides is 1. The molecule has 2 N–H and O–H groups in total. The topological polar surface area (TPSA) is 63.4 Å². The fourth-order valence-corrected chi connectivity index (χ4v) is 1.76. The van der Waals surface area contributed by atoms with Crippen LogP contribution in [0.3, 0.4) is 0 Å². The van der Waals surface area contributed by atoms with Gasteiger partial charge in [0, 0.05) is 18.7 Å². The van der Waals surface area contributed by atoms with Crippen molar-refractivity contribution in [2.45, 2.75) is 6.42 Å². The average molecular weight is 204 g/mol. The molecule has 0 unspecified atom stereocenters. The van der Waals surface area contributed by atoms with Gasteiger partial charge in [0.1, 0.15) is 0 Å². The van der Waals surface area contributed by atoms with E-state index in [0.717, 1.165) is 5.69 Å². The first-order valence-corrected chi connectivity index (χ1v) is 4.83. The van der Waals surface area contributed by atoms with Gasteiger partial charge < -0.3 is 10.6 Å². The lowest BCUT2D eigenvalue weighted by atomic mass is 10.1. The molecule has 0 bridgehead atoms. The number of nitrogens with zero attached hydrogens (tertiary/aromatic N) is 1. The van der Waals surface area contributed by atoms with Gasteiger partial charge in [-0.25, -0.2) is 0 Å². The standard InChI is InChI=1S/C11H12N2O2/c12-11(15)8-6-10(14)13(7-8)9-4-2-1-3-5-9/h1-5,8H,6-7H2,(H2,12,15)/t8-/m1/s1. The van der Waals surface area contributed by atoms with E-state index in [1.54, 1.807) is 4.90 Å². The van der Waals surface area contributed by atoms with E-state index in [0.29, 0.717) is 6.54 Å². The summed E-state index contributed by atoms with van der Waals surface area (Å²) in [6.07, 6.45) is 0.226. The Balaban J connectivity index is 2.19. The lowest BCUT2D eigenvalue weighted by Crippen LogP contribution is -2.28. The van der Waals surface area contributed by atoms with Gasteiger partial charge in [0.15, 0.2) is 0 Å². The first-order chi connectivity index (χ1) is 7.18. The molecule has 1 aliphatic rings. The number of benzene rings is 1. The summed E-state index contributed by atoms with van der Waals surface area (Å²) in [6, 6.07) is 9.30. The summed E-state index contributed by atoms with van der Waals surface area (Å²) in [5.74, 6) is -0.788. The second-order valence-electron chi connectivity index (χ2n) is 3.64. The molecule has 1 aromatic rings. The number of amides is 2. The van der Waals surface area contributed by atoms with Crippen molar-refractivity contribution in [1.82, 2.24) is 0 Å². The number of nitrogens with two attached hydrogens (primary N) is 1. The first kappa shape index (κ1) is 9.71. The number of rotatable bonds is 2. The number of hydrogen-bond acceptors (Lipinski definition) is 2. The molecule has 0 aromatic heterocycles. The lowest BCUT2D eigenvalue weighted by molar-refractivity contribution is -0.123. The number of para-hydroxylation sites is 1. The molecule has 4 nitrogen and oxygen atoms in total. The van der Waals surface area contributed by atoms with Gasteiger partial charge in [-0.05, 0) is 12.1 Å². The van der Waals surface area contributed by atoms with Crippen LogP contribution in [0.15, 0.2) is 30.3 Å². The molecular formula is C11H12N2O2. The smallest absolute Gasteiger partial charge is 0.227 e. The van der Waals surface area contributed by atoms with E-state index in [2.05, 4.69) is 0 Å². The summed E-state index contributed by atoms with van der Waals surface area (Å²) >= 11 is 0. The summed E-state index contributed by atoms with van der Waals surface area (Å²) in [7, 11) is 0. The summed E-state index contributed by atoms with van der Waals surface area (Å²) in [4.78, 5) is 24.2. The Morgan fingerprint density at radius 3 is 2.53 bits per heavy atom. The van der Waals surface area contributed by atoms with Crippen LogP contribution in [0.25, 0.3) is 0 Å². The highest BCUT2D eigenvalue weighted by molar-refractivity contribution is 5.99. The monoisotopic (exact) mass is 204 g/mol. The fourth-order valence-electron chi connectivity index (χ4n) is 1.76. The van der Waals surface area contributed by atoms with Crippen molar-refractivity contribution in [2.75, 3.05) is 11.4 Å². The molecule has 0 aliphatic carbocycles. The van der Waals surface area contributed by atoms with Crippen LogP contribution in [0.5, 0.6) is 0 Å². The van der Waals surface area contributed by atoms with E-state index in [4.69, 9.17) is 5.73 Å². The zero-order valence-electron chi connectivity index (χ0n) is 8.22. The SMILES string of the molecule is NC(=O)[C@@H]1CC(=O)N(c2ccccc2)C1. The van der Waals surface area contributed by atoms with Crippen LogP contribution in [-0.4, -0.2) is 18.4 Å². The van der Waals surface area contributed by atoms with Crippen LogP contribution in [-0.2, 0) is 9.59 Å². The maximum absolute atomic E-state index is 11.6. The second-order valence-corrected chi connectivity index (χ2v) is 3.64. The van der Waals surface area contributed by atoms with Crippen molar-refractivity contribution >= 4 is 17.5 Å². The molecule has 2 rings (SSSR count). The Labute approximate surface area is 87.7 Å². The van der Waals surface area contributed by atoms with E-state index in [-0.39, 0.29) is 18.2 Å². The molecule has 1 fully saturated rings. The fraction of sp³-hybridized carbons (Fsp3) is 0.273. The number of carbonyl (C=O) groups is 2. The van der Waals surface area contributed by atoms with Gasteiger partial charge in [-0.15, -0.1) is 0 Å². The van der Waals surface area contributed by atoms with Crippen molar-refractivity contribution < 1.29 is 9.59 Å². The Morgan fingerprint density at radius 2 is 2.00 bits per heavy atom. The van der Waals surface area contributed by atoms with Gasteiger partial charge in [0.25, 0.3) is 0 Å². The molecule has 1 heterocycles. The highest BCUT2D eigenvalue weighted by Crippen LogP contribution is 2.24. The third-order valence-electron chi connectivity index (χ3n) is 2.60. The van der Waals surface area contributed by atoms with Crippen molar-refractivity contribution in [3.05, 3.63) is 30.3 Å². The molecule has 1 saturated heterocycles. The van der Waals surface area contributed by atoms with E-state index < -0.39 is 5.91 Å². The van der Waals surface area contributed by atoms with Gasteiger partial charge in [-0.2, -0.15) is 0 Å². The van der Waals surface area contributed by atoms with Crippen molar-refractivity contribution in [1.29, 1.82) is 0 Å². The lowest BCUT2D eigenvalue weighted by Gasteiger charge is -2.15. The van der Waals surface area contributed by atoms with Gasteiger partial charge in [0.2, 0.25) is 11.8 Å². The second kappa shape index (κ2) is 3.73.